The van der Waals surface area contributed by atoms with Crippen LogP contribution in [0.1, 0.15) is 42.0 Å². The molecule has 45 heavy (non-hydrogen) atoms. The van der Waals surface area contributed by atoms with Crippen LogP contribution in [0.4, 0.5) is 13.2 Å². The number of carbonyl (C=O) groups excluding carboxylic acids is 1. The molecule has 5 rings (SSSR count). The van der Waals surface area contributed by atoms with Gasteiger partial charge >= 0.3 is 6.18 Å². The van der Waals surface area contributed by atoms with Crippen LogP contribution in [0.2, 0.25) is 0 Å². The Hall–Kier alpha value is -4.38. The minimum atomic E-state index is -4.42. The number of aromatic nitrogens is 2. The summed E-state index contributed by atoms with van der Waals surface area (Å²) >= 11 is 0. The van der Waals surface area contributed by atoms with E-state index in [1.54, 1.807) is 0 Å². The van der Waals surface area contributed by atoms with E-state index in [1.807, 2.05) is 67.3 Å². The summed E-state index contributed by atoms with van der Waals surface area (Å²) in [7, 11) is 0. The molecule has 0 radical (unpaired) electrons. The molecule has 1 saturated heterocycles. The molecule has 3 aromatic carbocycles. The Morgan fingerprint density at radius 2 is 1.60 bits per heavy atom. The van der Waals surface area contributed by atoms with Gasteiger partial charge in [0.2, 0.25) is 11.7 Å². The first-order valence-electron chi connectivity index (χ1n) is 15.0. The highest BCUT2D eigenvalue weighted by atomic mass is 19.4. The van der Waals surface area contributed by atoms with Crippen LogP contribution < -0.4 is 14.8 Å². The van der Waals surface area contributed by atoms with Gasteiger partial charge in [-0.05, 0) is 69.1 Å². The summed E-state index contributed by atoms with van der Waals surface area (Å²) in [5.74, 6) is 1.83. The second-order valence-electron chi connectivity index (χ2n) is 11.5. The van der Waals surface area contributed by atoms with Crippen molar-refractivity contribution in [3.8, 4) is 22.9 Å². The summed E-state index contributed by atoms with van der Waals surface area (Å²) in [4.78, 5) is 20.4. The van der Waals surface area contributed by atoms with Crippen LogP contribution in [-0.2, 0) is 11.0 Å². The number of piperidine rings is 1. The van der Waals surface area contributed by atoms with Crippen LogP contribution in [0.5, 0.6) is 11.5 Å². The molecule has 2 heterocycles. The second-order valence-corrected chi connectivity index (χ2v) is 11.5. The number of hydrogen-bond donors (Lipinski definition) is 1. The largest absolute Gasteiger partial charge is 0.493 e. The number of hydrogen-bond acceptors (Lipinski definition) is 7. The van der Waals surface area contributed by atoms with Crippen LogP contribution in [0.3, 0.4) is 0 Å². The van der Waals surface area contributed by atoms with Gasteiger partial charge in [-0.3, -0.25) is 9.69 Å². The van der Waals surface area contributed by atoms with Gasteiger partial charge in [0.1, 0.15) is 18.1 Å². The molecule has 0 spiro atoms. The Kier molecular flexibility index (Phi) is 10.1. The molecule has 1 N–H and O–H groups in total. The first-order valence-corrected chi connectivity index (χ1v) is 15.0. The molecule has 1 aliphatic rings. The zero-order valence-corrected chi connectivity index (χ0v) is 25.5. The van der Waals surface area contributed by atoms with Crippen LogP contribution in [0, 0.1) is 25.7 Å². The average molecular weight is 623 g/mol. The quantitative estimate of drug-likeness (QED) is 0.188. The SMILES string of the molecule is Cc1ccc(OC[C@H]2CN(C(C(=O)NCCOc3ccc(C(F)(F)F)cc3)c3nc(-c4ccc(C)cc4)no3)CC[C@H]2C)cc1. The van der Waals surface area contributed by atoms with Crippen molar-refractivity contribution in [2.45, 2.75) is 39.4 Å². The molecule has 1 aromatic heterocycles. The van der Waals surface area contributed by atoms with Crippen LogP contribution in [-0.4, -0.2) is 53.8 Å². The van der Waals surface area contributed by atoms with E-state index in [4.69, 9.17) is 14.0 Å². The lowest BCUT2D eigenvalue weighted by molar-refractivity contribution is -0.137. The predicted octanol–water partition coefficient (Wildman–Crippen LogP) is 6.65. The van der Waals surface area contributed by atoms with Gasteiger partial charge in [-0.15, -0.1) is 0 Å². The summed E-state index contributed by atoms with van der Waals surface area (Å²) in [5, 5.41) is 7.05. The van der Waals surface area contributed by atoms with E-state index in [0.717, 1.165) is 41.0 Å². The minimum Gasteiger partial charge on any atom is -0.493 e. The molecule has 1 aliphatic heterocycles. The third-order valence-electron chi connectivity index (χ3n) is 8.08. The first-order chi connectivity index (χ1) is 21.6. The summed E-state index contributed by atoms with van der Waals surface area (Å²) in [6, 6.07) is 19.2. The molecular weight excluding hydrogens is 585 g/mol. The molecule has 1 unspecified atom stereocenters. The maximum absolute atomic E-state index is 13.7. The molecule has 1 amide bonds. The lowest BCUT2D eigenvalue weighted by Gasteiger charge is -2.39. The van der Waals surface area contributed by atoms with Gasteiger partial charge in [-0.25, -0.2) is 0 Å². The third kappa shape index (κ3) is 8.42. The van der Waals surface area contributed by atoms with Crippen molar-refractivity contribution in [2.75, 3.05) is 32.8 Å². The molecule has 1 fully saturated rings. The van der Waals surface area contributed by atoms with Gasteiger partial charge < -0.3 is 19.3 Å². The molecule has 8 nitrogen and oxygen atoms in total. The van der Waals surface area contributed by atoms with Crippen molar-refractivity contribution in [3.63, 3.8) is 0 Å². The number of likely N-dealkylation sites (tertiary alicyclic amines) is 1. The maximum atomic E-state index is 13.7. The number of ether oxygens (including phenoxy) is 2. The van der Waals surface area contributed by atoms with Crippen molar-refractivity contribution in [3.05, 3.63) is 95.4 Å². The van der Waals surface area contributed by atoms with E-state index < -0.39 is 17.8 Å². The fourth-order valence-electron chi connectivity index (χ4n) is 5.25. The fraction of sp³-hybridized carbons (Fsp3) is 0.382. The number of aryl methyl sites for hydroxylation is 2. The Bertz CT molecular complexity index is 1540. The molecular formula is C34H37F3N4O4. The van der Waals surface area contributed by atoms with E-state index >= 15 is 0 Å². The van der Waals surface area contributed by atoms with E-state index in [1.165, 1.54) is 12.1 Å². The van der Waals surface area contributed by atoms with Crippen LogP contribution in [0.15, 0.2) is 77.3 Å². The Labute approximate surface area is 260 Å². The molecule has 238 valence electrons. The molecule has 0 saturated carbocycles. The number of halogens is 3. The smallest absolute Gasteiger partial charge is 0.416 e. The van der Waals surface area contributed by atoms with Crippen LogP contribution in [0.25, 0.3) is 11.4 Å². The number of rotatable bonds is 11. The zero-order valence-electron chi connectivity index (χ0n) is 25.5. The van der Waals surface area contributed by atoms with Crippen molar-refractivity contribution >= 4 is 5.91 Å². The summed E-state index contributed by atoms with van der Waals surface area (Å²) < 4.78 is 56.0. The van der Waals surface area contributed by atoms with Crippen molar-refractivity contribution in [2.24, 2.45) is 11.8 Å². The average Bonchev–Trinajstić information content (AvgIpc) is 3.50. The van der Waals surface area contributed by atoms with Crippen LogP contribution >= 0.6 is 0 Å². The zero-order chi connectivity index (χ0) is 32.0. The van der Waals surface area contributed by atoms with Gasteiger partial charge in [0.15, 0.2) is 6.04 Å². The van der Waals surface area contributed by atoms with E-state index in [2.05, 4.69) is 22.4 Å². The molecule has 0 bridgehead atoms. The highest BCUT2D eigenvalue weighted by molar-refractivity contribution is 5.82. The van der Waals surface area contributed by atoms with Gasteiger partial charge in [-0.2, -0.15) is 18.2 Å². The second kappa shape index (κ2) is 14.2. The maximum Gasteiger partial charge on any atom is 0.416 e. The van der Waals surface area contributed by atoms with Crippen molar-refractivity contribution in [1.82, 2.24) is 20.4 Å². The number of nitrogens with zero attached hydrogens (tertiary/aromatic N) is 3. The molecule has 4 aromatic rings. The summed E-state index contributed by atoms with van der Waals surface area (Å²) in [6.45, 7) is 8.11. The van der Waals surface area contributed by atoms with Gasteiger partial charge in [0, 0.05) is 18.0 Å². The number of benzene rings is 3. The third-order valence-corrected chi connectivity index (χ3v) is 8.08. The monoisotopic (exact) mass is 622 g/mol. The van der Waals surface area contributed by atoms with E-state index in [9.17, 15) is 18.0 Å². The van der Waals surface area contributed by atoms with Crippen molar-refractivity contribution < 1.29 is 32.0 Å². The fourth-order valence-corrected chi connectivity index (χ4v) is 5.25. The number of amides is 1. The van der Waals surface area contributed by atoms with Crippen molar-refractivity contribution in [1.29, 1.82) is 0 Å². The minimum absolute atomic E-state index is 0.0618. The Morgan fingerprint density at radius 1 is 0.978 bits per heavy atom. The first kappa shape index (κ1) is 32.0. The summed E-state index contributed by atoms with van der Waals surface area (Å²) in [6.07, 6.45) is -3.57. The molecule has 11 heteroatoms. The number of carbonyl (C=O) groups is 1. The normalized spacial score (nSPS) is 17.9. The van der Waals surface area contributed by atoms with E-state index in [0.29, 0.717) is 31.4 Å². The highest BCUT2D eigenvalue weighted by Crippen LogP contribution is 2.32. The highest BCUT2D eigenvalue weighted by Gasteiger charge is 2.38. The number of nitrogens with one attached hydrogen (secondary N) is 1. The lowest BCUT2D eigenvalue weighted by atomic mass is 9.86. The standard InChI is InChI=1S/C34H37F3N4O4/c1-22-4-8-25(9-5-22)31-39-33(45-40-31)30(32(42)38-17-19-43-28-14-10-27(11-15-28)34(35,36)37)41-18-16-24(3)26(20-41)21-44-29-12-6-23(2)7-13-29/h4-15,24,26,30H,16-21H2,1-3H3,(H,38,42)/t24-,26-,30?/m1/s1. The van der Waals surface area contributed by atoms with Gasteiger partial charge in [0.25, 0.3) is 5.89 Å². The van der Waals surface area contributed by atoms with E-state index in [-0.39, 0.29) is 36.6 Å². The molecule has 3 atom stereocenters. The lowest BCUT2D eigenvalue weighted by Crippen LogP contribution is -2.48. The Morgan fingerprint density at radius 3 is 2.27 bits per heavy atom. The Balaban J connectivity index is 1.27. The van der Waals surface area contributed by atoms with Gasteiger partial charge in [0.05, 0.1) is 18.7 Å². The summed E-state index contributed by atoms with van der Waals surface area (Å²) in [5.41, 5.74) is 2.27. The molecule has 0 aliphatic carbocycles. The predicted molar refractivity (Wildman–Crippen MR) is 163 cm³/mol. The van der Waals surface area contributed by atoms with Gasteiger partial charge in [-0.1, -0.05) is 59.6 Å². The topological polar surface area (TPSA) is 89.7 Å². The number of alkyl halides is 3.